The second kappa shape index (κ2) is 7.22. The molecule has 1 heterocycles. The van der Waals surface area contributed by atoms with Gasteiger partial charge in [-0.15, -0.1) is 0 Å². The number of rotatable bonds is 4. The van der Waals surface area contributed by atoms with Crippen molar-refractivity contribution in [2.75, 3.05) is 7.05 Å². The first-order chi connectivity index (χ1) is 10.6. The molecule has 0 radical (unpaired) electrons. The molecule has 0 spiro atoms. The zero-order valence-corrected chi connectivity index (χ0v) is 12.8. The summed E-state index contributed by atoms with van der Waals surface area (Å²) >= 11 is 0. The third-order valence-corrected chi connectivity index (χ3v) is 3.09. The molecule has 0 saturated heterocycles. The predicted octanol–water partition coefficient (Wildman–Crippen LogP) is 3.50. The normalized spacial score (nSPS) is 11.6. The molecule has 22 heavy (non-hydrogen) atoms. The van der Waals surface area contributed by atoms with Crippen LogP contribution in [0.3, 0.4) is 0 Å². The zero-order valence-electron chi connectivity index (χ0n) is 12.8. The number of aromatic nitrogens is 2. The smallest absolute Gasteiger partial charge is 0.159 e. The topological polar surface area (TPSA) is 50.5 Å². The van der Waals surface area contributed by atoms with Gasteiger partial charge in [0, 0.05) is 36.8 Å². The summed E-state index contributed by atoms with van der Waals surface area (Å²) in [6.07, 6.45) is 4.98. The van der Waals surface area contributed by atoms with Crippen LogP contribution in [0, 0.1) is 6.92 Å². The largest absolute Gasteiger partial charge is 0.270 e. The van der Waals surface area contributed by atoms with Crippen LogP contribution >= 0.6 is 0 Å². The van der Waals surface area contributed by atoms with Crippen molar-refractivity contribution in [3.63, 3.8) is 0 Å². The molecular weight excluding hydrogens is 272 g/mol. The van der Waals surface area contributed by atoms with Gasteiger partial charge < -0.3 is 0 Å². The minimum Gasteiger partial charge on any atom is -0.270 e. The monoisotopic (exact) mass is 290 g/mol. The molecule has 2 rings (SSSR count). The fraction of sp³-hybridized carbons (Fsp3) is 0.111. The number of benzene rings is 1. The van der Waals surface area contributed by atoms with Crippen LogP contribution < -0.4 is 0 Å². The number of hydrogen-bond acceptors (Lipinski definition) is 3. The highest BCUT2D eigenvalue weighted by Gasteiger charge is 2.05. The Bertz CT molecular complexity index is 725. The second-order valence-electron chi connectivity index (χ2n) is 4.75. The van der Waals surface area contributed by atoms with Crippen molar-refractivity contribution in [2.45, 2.75) is 6.92 Å². The quantitative estimate of drug-likeness (QED) is 0.491. The molecule has 4 heteroatoms. The predicted molar refractivity (Wildman–Crippen MR) is 92.3 cm³/mol. The molecule has 0 amide bonds. The van der Waals surface area contributed by atoms with E-state index in [9.17, 15) is 0 Å². The number of amidine groups is 1. The highest BCUT2D eigenvalue weighted by molar-refractivity contribution is 6.08. The molecule has 0 N–H and O–H groups in total. The average Bonchev–Trinajstić information content (AvgIpc) is 2.56. The minimum absolute atomic E-state index is 0.546. The van der Waals surface area contributed by atoms with E-state index < -0.39 is 0 Å². The molecule has 0 atom stereocenters. The van der Waals surface area contributed by atoms with E-state index in [4.69, 9.17) is 0 Å². The summed E-state index contributed by atoms with van der Waals surface area (Å²) in [4.78, 5) is 16.9. The van der Waals surface area contributed by atoms with Crippen LogP contribution in [-0.2, 0) is 0 Å². The van der Waals surface area contributed by atoms with Gasteiger partial charge in [0.1, 0.15) is 0 Å². The molecule has 2 aromatic rings. The SMILES string of the molecule is C=C(/C=N\C(=N/C)c1ccc(C)cc1)C(=C)c1ncccn1. The molecule has 4 nitrogen and oxygen atoms in total. The van der Waals surface area contributed by atoms with E-state index in [1.165, 1.54) is 5.56 Å². The Hall–Kier alpha value is -2.88. The number of hydrogen-bond donors (Lipinski definition) is 0. The van der Waals surface area contributed by atoms with E-state index in [1.54, 1.807) is 31.7 Å². The Balaban J connectivity index is 2.14. The molecule has 0 bridgehead atoms. The first-order valence-electron chi connectivity index (χ1n) is 6.85. The zero-order chi connectivity index (χ0) is 15.9. The maximum atomic E-state index is 4.40. The van der Waals surface area contributed by atoms with Gasteiger partial charge in [0.2, 0.25) is 0 Å². The molecule has 0 aliphatic carbocycles. The molecule has 0 saturated carbocycles. The summed E-state index contributed by atoms with van der Waals surface area (Å²) in [5.41, 5.74) is 3.45. The van der Waals surface area contributed by atoms with E-state index in [0.717, 1.165) is 5.56 Å². The van der Waals surface area contributed by atoms with Gasteiger partial charge in [-0.25, -0.2) is 15.0 Å². The van der Waals surface area contributed by atoms with Crippen molar-refractivity contribution >= 4 is 17.6 Å². The van der Waals surface area contributed by atoms with Gasteiger partial charge in [0.25, 0.3) is 0 Å². The highest BCUT2D eigenvalue weighted by atomic mass is 14.9. The molecule has 110 valence electrons. The Kier molecular flexibility index (Phi) is 5.09. The molecule has 0 fully saturated rings. The van der Waals surface area contributed by atoms with Gasteiger partial charge in [-0.3, -0.25) is 4.99 Å². The minimum atomic E-state index is 0.546. The lowest BCUT2D eigenvalue weighted by Crippen LogP contribution is -2.00. The Morgan fingerprint density at radius 1 is 1.09 bits per heavy atom. The van der Waals surface area contributed by atoms with Gasteiger partial charge in [-0.1, -0.05) is 43.0 Å². The lowest BCUT2D eigenvalue weighted by atomic mass is 10.1. The first-order valence-corrected chi connectivity index (χ1v) is 6.85. The van der Waals surface area contributed by atoms with Crippen LogP contribution in [0.25, 0.3) is 5.57 Å². The second-order valence-corrected chi connectivity index (χ2v) is 4.75. The fourth-order valence-electron chi connectivity index (χ4n) is 1.78. The first kappa shape index (κ1) is 15.5. The standard InChI is InChI=1S/C18H18N4/c1-13-6-8-16(9-7-13)18(19-4)22-12-14(2)15(3)17-20-10-5-11-21-17/h5-12H,2-3H2,1,4H3/b19-18-,22-12-. The Morgan fingerprint density at radius 2 is 1.73 bits per heavy atom. The fourth-order valence-corrected chi connectivity index (χ4v) is 1.78. The van der Waals surface area contributed by atoms with Crippen LogP contribution in [0.5, 0.6) is 0 Å². The van der Waals surface area contributed by atoms with E-state index in [2.05, 4.69) is 33.1 Å². The molecule has 0 aliphatic heterocycles. The van der Waals surface area contributed by atoms with Crippen LogP contribution in [0.1, 0.15) is 17.0 Å². The van der Waals surface area contributed by atoms with E-state index in [1.807, 2.05) is 31.2 Å². The van der Waals surface area contributed by atoms with Crippen molar-refractivity contribution < 1.29 is 0 Å². The number of nitrogens with zero attached hydrogens (tertiary/aromatic N) is 4. The average molecular weight is 290 g/mol. The molecule has 1 aromatic heterocycles. The van der Waals surface area contributed by atoms with Crippen LogP contribution in [0.4, 0.5) is 0 Å². The summed E-state index contributed by atoms with van der Waals surface area (Å²) in [5.74, 6) is 1.19. The van der Waals surface area contributed by atoms with Crippen molar-refractivity contribution in [3.05, 3.63) is 78.4 Å². The Labute approximate surface area is 130 Å². The maximum absolute atomic E-state index is 4.40. The lowest BCUT2D eigenvalue weighted by Gasteiger charge is -2.04. The van der Waals surface area contributed by atoms with Gasteiger partial charge in [0.15, 0.2) is 11.7 Å². The van der Waals surface area contributed by atoms with Gasteiger partial charge in [-0.05, 0) is 18.6 Å². The lowest BCUT2D eigenvalue weighted by molar-refractivity contribution is 1.12. The Morgan fingerprint density at radius 3 is 2.32 bits per heavy atom. The third-order valence-electron chi connectivity index (χ3n) is 3.09. The van der Waals surface area contributed by atoms with Gasteiger partial charge in [-0.2, -0.15) is 0 Å². The van der Waals surface area contributed by atoms with Crippen molar-refractivity contribution in [2.24, 2.45) is 9.98 Å². The number of allylic oxidation sites excluding steroid dienone is 2. The molecule has 0 unspecified atom stereocenters. The summed E-state index contributed by atoms with van der Waals surface area (Å²) < 4.78 is 0. The third kappa shape index (κ3) is 3.82. The summed E-state index contributed by atoms with van der Waals surface area (Å²) in [6.45, 7) is 9.96. The molecule has 0 aliphatic rings. The highest BCUT2D eigenvalue weighted by Crippen LogP contribution is 2.14. The summed E-state index contributed by atoms with van der Waals surface area (Å²) in [6, 6.07) is 9.80. The van der Waals surface area contributed by atoms with Crippen LogP contribution in [-0.4, -0.2) is 29.1 Å². The van der Waals surface area contributed by atoms with E-state index >= 15 is 0 Å². The summed E-state index contributed by atoms with van der Waals surface area (Å²) in [7, 11) is 1.71. The van der Waals surface area contributed by atoms with Gasteiger partial charge in [0.05, 0.1) is 0 Å². The van der Waals surface area contributed by atoms with Gasteiger partial charge >= 0.3 is 0 Å². The van der Waals surface area contributed by atoms with E-state index in [0.29, 0.717) is 22.8 Å². The van der Waals surface area contributed by atoms with Crippen LogP contribution in [0.2, 0.25) is 0 Å². The number of aliphatic imine (C=N–C) groups is 2. The van der Waals surface area contributed by atoms with E-state index in [-0.39, 0.29) is 0 Å². The summed E-state index contributed by atoms with van der Waals surface area (Å²) in [5, 5.41) is 0. The van der Waals surface area contributed by atoms with Crippen LogP contribution in [0.15, 0.2) is 71.4 Å². The maximum Gasteiger partial charge on any atom is 0.159 e. The van der Waals surface area contributed by atoms with Crippen molar-refractivity contribution in [1.29, 1.82) is 0 Å². The molecule has 1 aromatic carbocycles. The van der Waals surface area contributed by atoms with Crippen molar-refractivity contribution in [3.8, 4) is 0 Å². The van der Waals surface area contributed by atoms with Crippen molar-refractivity contribution in [1.82, 2.24) is 9.97 Å². The number of aryl methyl sites for hydroxylation is 1. The molecular formula is C18H18N4.